The molecule has 0 saturated carbocycles. The Balaban J connectivity index is 0.000000128. The number of methoxy groups -OCH3 is 13. The lowest BCUT2D eigenvalue weighted by atomic mass is 9.82. The molecule has 0 bridgehead atoms. The number of fused-ring (bicyclic) bond motifs is 16. The first-order valence-electron chi connectivity index (χ1n) is 36.0. The molecular formula is C83H92F3N5O17S. The molecule has 26 heteroatoms. The topological polar surface area (TPSA) is 220 Å². The van der Waals surface area contributed by atoms with E-state index in [0.717, 1.165) is 146 Å². The molecule has 8 heterocycles. The van der Waals surface area contributed by atoms with E-state index in [1.54, 1.807) is 91.4 Å². The second-order valence-electron chi connectivity index (χ2n) is 27.7. The molecule has 0 unspecified atom stereocenters. The van der Waals surface area contributed by atoms with E-state index >= 15 is 0 Å². The van der Waals surface area contributed by atoms with Gasteiger partial charge in [-0.15, -0.1) is 0 Å². The number of hydrogen-bond donors (Lipinski definition) is 1. The van der Waals surface area contributed by atoms with Crippen LogP contribution in [-0.2, 0) is 87.7 Å². The van der Waals surface area contributed by atoms with Gasteiger partial charge in [-0.05, 0) is 196 Å². The summed E-state index contributed by atoms with van der Waals surface area (Å²) in [5, 5.41) is 20.1. The van der Waals surface area contributed by atoms with Crippen molar-refractivity contribution >= 4 is 10.1 Å². The first-order valence-corrected chi connectivity index (χ1v) is 37.4. The van der Waals surface area contributed by atoms with Crippen LogP contribution < -0.4 is 65.8 Å². The molecule has 109 heavy (non-hydrogen) atoms. The zero-order chi connectivity index (χ0) is 77.3. The van der Waals surface area contributed by atoms with Crippen molar-refractivity contribution in [3.05, 3.63) is 192 Å². The average molecular weight is 1520 g/mol. The third-order valence-corrected chi connectivity index (χ3v) is 23.5. The van der Waals surface area contributed by atoms with Gasteiger partial charge in [0.15, 0.2) is 80.5 Å². The van der Waals surface area contributed by atoms with Gasteiger partial charge < -0.3 is 70.9 Å². The highest BCUT2D eigenvalue weighted by atomic mass is 32.2. The highest BCUT2D eigenvalue weighted by Crippen LogP contribution is 2.52. The molecule has 0 radical (unpaired) electrons. The van der Waals surface area contributed by atoms with E-state index in [9.17, 15) is 32.0 Å². The van der Waals surface area contributed by atoms with Gasteiger partial charge in [0.1, 0.15) is 11.8 Å². The molecule has 8 aromatic rings. The van der Waals surface area contributed by atoms with Crippen LogP contribution in [-0.4, -0.2) is 157 Å². The second-order valence-corrected chi connectivity index (χ2v) is 29.2. The maximum Gasteiger partial charge on any atom is 0.534 e. The molecule has 8 aliphatic heterocycles. The number of halogens is 3. The van der Waals surface area contributed by atoms with E-state index in [0.29, 0.717) is 77.2 Å². The van der Waals surface area contributed by atoms with Crippen molar-refractivity contribution in [2.75, 3.05) is 119 Å². The van der Waals surface area contributed by atoms with Crippen LogP contribution in [0.3, 0.4) is 0 Å². The van der Waals surface area contributed by atoms with Crippen molar-refractivity contribution in [2.45, 2.75) is 107 Å². The lowest BCUT2D eigenvalue weighted by Gasteiger charge is -2.42. The third kappa shape index (κ3) is 14.6. The fraction of sp³-hybridized carbons (Fsp3) is 0.410. The summed E-state index contributed by atoms with van der Waals surface area (Å²) in [5.41, 5.74) is 13.3. The second kappa shape index (κ2) is 32.2. The van der Waals surface area contributed by atoms with Gasteiger partial charge in [-0.1, -0.05) is 24.3 Å². The summed E-state index contributed by atoms with van der Waals surface area (Å²) in [6, 6.07) is 35.1. The van der Waals surface area contributed by atoms with E-state index in [-0.39, 0.29) is 24.1 Å². The summed E-state index contributed by atoms with van der Waals surface area (Å²) in [7, 11) is 15.2. The van der Waals surface area contributed by atoms with Crippen molar-refractivity contribution in [3.8, 4) is 92.3 Å². The van der Waals surface area contributed by atoms with E-state index in [1.165, 1.54) is 68.8 Å². The van der Waals surface area contributed by atoms with Crippen molar-refractivity contribution in [2.24, 2.45) is 0 Å². The average Bonchev–Trinajstić information content (AvgIpc) is 0.791. The Kier molecular flexibility index (Phi) is 22.7. The van der Waals surface area contributed by atoms with Crippen LogP contribution in [0, 0.1) is 11.3 Å². The highest BCUT2D eigenvalue weighted by Gasteiger charge is 2.50. The summed E-state index contributed by atoms with van der Waals surface area (Å²) in [6.45, 7) is 6.17. The Morgan fingerprint density at radius 2 is 0.633 bits per heavy atom. The molecule has 4 atom stereocenters. The zero-order valence-electron chi connectivity index (χ0n) is 63.6. The van der Waals surface area contributed by atoms with Crippen LogP contribution in [0.25, 0.3) is 0 Å². The number of ether oxygens (including phenoxy) is 13. The lowest BCUT2D eigenvalue weighted by molar-refractivity contribution is -0.0501. The minimum Gasteiger partial charge on any atom is -0.504 e. The van der Waals surface area contributed by atoms with E-state index in [1.807, 2.05) is 30.3 Å². The molecule has 8 aliphatic rings. The molecule has 22 nitrogen and oxygen atoms in total. The molecule has 0 aliphatic carbocycles. The monoisotopic (exact) mass is 1520 g/mol. The maximum absolute atomic E-state index is 13.0. The van der Waals surface area contributed by atoms with Crippen molar-refractivity contribution in [3.63, 3.8) is 0 Å². The fourth-order valence-corrected chi connectivity index (χ4v) is 17.5. The number of hydrogen-bond acceptors (Lipinski definition) is 22. The standard InChI is InChI=1S/C21H22F3NO6S.C21H22N2O3.C21H25NO4.C20H23NO4/c1-28-17-5-4-12-8-16-14-10-19(30-3)18(29-2)9-13(14)6-7-25(16)11-15(12)20(17)31-32(26,27)21(22,23)24;1-24-19-5-4-13-8-18-15-10-21(26-3)20(25-2)9-14(15)6-7-23(18)12-17(13)16(19)11-22;1-23-18-6-5-13-9-17-15-11-20(25-3)19(24-2)10-14(15)7-8-22(17)12-16(13)21(18)26-4;1-23-17-5-4-12-8-16-14-10-19(25-3)18(24-2)9-13(14)6-7-21(16)11-15(12)20(17)22/h4-5,9-10,16H,6-8,11H2,1-3H3;4-5,9-10,18H,6-8,12H2,1-3H3;5-6,10-11,17H,7-9,12H2,1-4H3;4-5,9-10,16,22H,6-8,11H2,1-3H3/t16-;18-;17-;16-/m0000/s1. The number of nitriles is 1. The molecule has 0 spiro atoms. The summed E-state index contributed by atoms with van der Waals surface area (Å²) in [5.74, 6) is 8.59. The fourth-order valence-electron chi connectivity index (χ4n) is 17.0. The van der Waals surface area contributed by atoms with Crippen molar-refractivity contribution in [1.29, 1.82) is 5.26 Å². The van der Waals surface area contributed by atoms with Crippen molar-refractivity contribution in [1.82, 2.24) is 19.6 Å². The summed E-state index contributed by atoms with van der Waals surface area (Å²) in [6.07, 6.45) is 6.81. The largest absolute Gasteiger partial charge is 0.534 e. The number of nitrogens with zero attached hydrogens (tertiary/aromatic N) is 5. The van der Waals surface area contributed by atoms with Gasteiger partial charge in [-0.2, -0.15) is 26.9 Å². The third-order valence-electron chi connectivity index (χ3n) is 22.6. The van der Waals surface area contributed by atoms with Crippen LogP contribution in [0.15, 0.2) is 97.1 Å². The molecular weight excluding hydrogens is 1430 g/mol. The zero-order valence-corrected chi connectivity index (χ0v) is 64.4. The number of rotatable bonds is 15. The van der Waals surface area contributed by atoms with E-state index in [2.05, 4.69) is 84.4 Å². The Bertz CT molecular complexity index is 4920. The van der Waals surface area contributed by atoms with Gasteiger partial charge >= 0.3 is 15.6 Å². The first-order chi connectivity index (χ1) is 52.6. The van der Waals surface area contributed by atoms with Crippen molar-refractivity contribution < 1.29 is 92.5 Å². The molecule has 0 aromatic heterocycles. The van der Waals surface area contributed by atoms with Crippen LogP contribution in [0.5, 0.6) is 86.2 Å². The molecule has 578 valence electrons. The lowest BCUT2D eigenvalue weighted by Crippen LogP contribution is -2.40. The molecule has 0 amide bonds. The Morgan fingerprint density at radius 3 is 0.954 bits per heavy atom. The number of aromatic hydroxyl groups is 1. The molecule has 1 N–H and O–H groups in total. The molecule has 8 aromatic carbocycles. The Morgan fingerprint density at radius 1 is 0.358 bits per heavy atom. The minimum atomic E-state index is -5.84. The highest BCUT2D eigenvalue weighted by molar-refractivity contribution is 7.88. The Hall–Kier alpha value is -10.2. The predicted molar refractivity (Wildman–Crippen MR) is 401 cm³/mol. The van der Waals surface area contributed by atoms with E-state index in [4.69, 9.17) is 61.6 Å². The summed E-state index contributed by atoms with van der Waals surface area (Å²) < 4.78 is 138. The van der Waals surface area contributed by atoms with Gasteiger partial charge in [-0.3, -0.25) is 19.6 Å². The van der Waals surface area contributed by atoms with Crippen LogP contribution in [0.4, 0.5) is 13.2 Å². The van der Waals surface area contributed by atoms with Crippen LogP contribution in [0.2, 0.25) is 0 Å². The summed E-state index contributed by atoms with van der Waals surface area (Å²) >= 11 is 0. The Labute approximate surface area is 634 Å². The quantitative estimate of drug-likeness (QED) is 0.0744. The summed E-state index contributed by atoms with van der Waals surface area (Å²) in [4.78, 5) is 9.49. The van der Waals surface area contributed by atoms with Gasteiger partial charge in [0.25, 0.3) is 0 Å². The van der Waals surface area contributed by atoms with Gasteiger partial charge in [-0.25, -0.2) is 0 Å². The van der Waals surface area contributed by atoms with Crippen LogP contribution >= 0.6 is 0 Å². The SMILES string of the molecule is COc1cc2c(cc1OC)[C@@H]1Cc3ccc(OC)c(C#N)c3CN1CC2.COc1cc2c(cc1OC)[C@@H]1Cc3ccc(OC)c(O)c3CN1CC2.COc1cc2c(cc1OC)[C@@H]1Cc3ccc(OC)c(OC)c3CN1CC2.COc1cc2c(cc1OC)[C@@H]1Cc3ccc(OC)c(OS(=O)(=O)C(F)(F)F)c3CN1CC2. The smallest absolute Gasteiger partial charge is 0.504 e. The molecule has 0 saturated heterocycles. The number of phenols is 1. The predicted octanol–water partition coefficient (Wildman–Crippen LogP) is 13.3. The van der Waals surface area contributed by atoms with Gasteiger partial charge in [0.2, 0.25) is 0 Å². The number of benzene rings is 8. The van der Waals surface area contributed by atoms with E-state index < -0.39 is 21.4 Å². The minimum absolute atomic E-state index is 0.0495. The molecule has 16 rings (SSSR count). The normalized spacial score (nSPS) is 18.4. The van der Waals surface area contributed by atoms with Gasteiger partial charge in [0, 0.05) is 93.2 Å². The number of phenolic OH excluding ortho intramolecular Hbond substituents is 1. The first kappa shape index (κ1) is 77.0. The van der Waals surface area contributed by atoms with Crippen LogP contribution in [0.1, 0.15) is 119 Å². The molecule has 0 fully saturated rings. The maximum atomic E-state index is 13.0. The van der Waals surface area contributed by atoms with Gasteiger partial charge in [0.05, 0.1) is 98.0 Å². The number of alkyl halides is 3.